The number of piperazine rings is 1. The topological polar surface area (TPSA) is 79.0 Å². The summed E-state index contributed by atoms with van der Waals surface area (Å²) in [6, 6.07) is 11.9. The second-order valence-electron chi connectivity index (χ2n) is 8.68. The molecule has 1 N–H and O–H groups in total. The van der Waals surface area contributed by atoms with Crippen molar-refractivity contribution >= 4 is 21.6 Å². The largest absolute Gasteiger partial charge is 0.377 e. The molecule has 2 aromatic rings. The maximum Gasteiger partial charge on any atom is 0.261 e. The minimum absolute atomic E-state index is 0.0871. The molecule has 8 heteroatoms. The molecule has 0 bridgehead atoms. The molecule has 1 unspecified atom stereocenters. The zero-order valence-corrected chi connectivity index (χ0v) is 19.5. The van der Waals surface area contributed by atoms with Crippen molar-refractivity contribution in [3.63, 3.8) is 0 Å². The van der Waals surface area contributed by atoms with Crippen LogP contribution in [-0.2, 0) is 14.8 Å². The Morgan fingerprint density at radius 1 is 1.06 bits per heavy atom. The van der Waals surface area contributed by atoms with Gasteiger partial charge in [-0.25, -0.2) is 8.42 Å². The van der Waals surface area contributed by atoms with E-state index in [1.165, 1.54) is 6.07 Å². The maximum absolute atomic E-state index is 13.2. The van der Waals surface area contributed by atoms with Crippen LogP contribution in [0.25, 0.3) is 0 Å². The zero-order valence-electron chi connectivity index (χ0n) is 18.7. The molecular weight excluding hydrogens is 426 g/mol. The van der Waals surface area contributed by atoms with Crippen LogP contribution in [0.15, 0.2) is 47.4 Å². The maximum atomic E-state index is 13.2. The summed E-state index contributed by atoms with van der Waals surface area (Å²) in [6.45, 7) is 8.41. The number of carbonyl (C=O) groups excluding carboxylic acids is 1. The number of nitrogens with zero attached hydrogens (tertiary/aromatic N) is 2. The highest BCUT2D eigenvalue weighted by atomic mass is 32.2. The molecule has 1 atom stereocenters. The molecule has 4 rings (SSSR count). The van der Waals surface area contributed by atoms with Gasteiger partial charge in [0.05, 0.1) is 11.0 Å². The van der Waals surface area contributed by atoms with Crippen molar-refractivity contribution in [1.82, 2.24) is 9.80 Å². The lowest BCUT2D eigenvalue weighted by atomic mass is 10.1. The highest BCUT2D eigenvalue weighted by molar-refractivity contribution is 7.92. The first kappa shape index (κ1) is 22.8. The summed E-state index contributed by atoms with van der Waals surface area (Å²) < 4.78 is 34.1. The molecule has 0 radical (unpaired) electrons. The van der Waals surface area contributed by atoms with Gasteiger partial charge in [0, 0.05) is 50.6 Å². The van der Waals surface area contributed by atoms with Crippen molar-refractivity contribution in [3.05, 3.63) is 59.2 Å². The van der Waals surface area contributed by atoms with E-state index < -0.39 is 10.0 Å². The van der Waals surface area contributed by atoms with Crippen LogP contribution in [-0.4, -0.2) is 69.6 Å². The number of hydrogen-bond acceptors (Lipinski definition) is 5. The Bertz CT molecular complexity index is 1060. The van der Waals surface area contributed by atoms with E-state index in [0.29, 0.717) is 30.4 Å². The molecule has 0 spiro atoms. The summed E-state index contributed by atoms with van der Waals surface area (Å²) in [7, 11) is -3.79. The second-order valence-corrected chi connectivity index (χ2v) is 10.4. The summed E-state index contributed by atoms with van der Waals surface area (Å²) in [5, 5.41) is 0. The van der Waals surface area contributed by atoms with E-state index in [-0.39, 0.29) is 10.8 Å². The Morgan fingerprint density at radius 2 is 1.78 bits per heavy atom. The third kappa shape index (κ3) is 5.31. The molecule has 2 fully saturated rings. The molecule has 2 aliphatic heterocycles. The van der Waals surface area contributed by atoms with Crippen molar-refractivity contribution in [2.45, 2.75) is 37.7 Å². The van der Waals surface area contributed by atoms with Gasteiger partial charge in [-0.05, 0) is 56.5 Å². The summed E-state index contributed by atoms with van der Waals surface area (Å²) in [5.41, 5.74) is 2.74. The van der Waals surface area contributed by atoms with Crippen molar-refractivity contribution in [3.8, 4) is 0 Å². The molecule has 7 nitrogen and oxygen atoms in total. The molecule has 2 aromatic carbocycles. The summed E-state index contributed by atoms with van der Waals surface area (Å²) in [5.74, 6) is -0.119. The number of carbonyl (C=O) groups is 1. The Kier molecular flexibility index (Phi) is 6.83. The quantitative estimate of drug-likeness (QED) is 0.721. The lowest BCUT2D eigenvalue weighted by Crippen LogP contribution is -2.50. The van der Waals surface area contributed by atoms with Crippen LogP contribution >= 0.6 is 0 Å². The second kappa shape index (κ2) is 9.60. The number of rotatable bonds is 6. The van der Waals surface area contributed by atoms with E-state index in [1.54, 1.807) is 24.3 Å². The molecule has 0 aliphatic carbocycles. The van der Waals surface area contributed by atoms with Gasteiger partial charge in [-0.2, -0.15) is 0 Å². The van der Waals surface area contributed by atoms with Crippen LogP contribution in [0.3, 0.4) is 0 Å². The molecule has 1 amide bonds. The average Bonchev–Trinajstić information content (AvgIpc) is 3.28. The van der Waals surface area contributed by atoms with E-state index in [9.17, 15) is 13.2 Å². The predicted molar refractivity (Wildman–Crippen MR) is 124 cm³/mol. The normalized spacial score (nSPS) is 19.8. The van der Waals surface area contributed by atoms with Crippen molar-refractivity contribution < 1.29 is 17.9 Å². The molecular formula is C24H31N3O4S. The zero-order chi connectivity index (χ0) is 22.7. The number of ether oxygens (including phenoxy) is 1. The third-order valence-electron chi connectivity index (χ3n) is 6.20. The van der Waals surface area contributed by atoms with Crippen molar-refractivity contribution in [2.75, 3.05) is 44.1 Å². The van der Waals surface area contributed by atoms with Gasteiger partial charge in [0.15, 0.2) is 0 Å². The number of nitrogens with one attached hydrogen (secondary N) is 1. The van der Waals surface area contributed by atoms with Gasteiger partial charge in [-0.1, -0.05) is 23.8 Å². The Labute approximate surface area is 190 Å². The standard InChI is InChI=1S/C24H31N3O4S/c1-18-5-8-20(9-6-18)25-32(29,30)22-10-7-19(2)23(16-22)24(28)27-13-11-26(12-14-27)17-21-4-3-15-31-21/h5-10,16,21,25H,3-4,11-15,17H2,1-2H3. The molecule has 2 heterocycles. The fraction of sp³-hybridized carbons (Fsp3) is 0.458. The lowest BCUT2D eigenvalue weighted by Gasteiger charge is -2.36. The summed E-state index contributed by atoms with van der Waals surface area (Å²) >= 11 is 0. The van der Waals surface area contributed by atoms with Crippen LogP contribution in [0.5, 0.6) is 0 Å². The molecule has 0 aromatic heterocycles. The first-order valence-electron chi connectivity index (χ1n) is 11.2. The van der Waals surface area contributed by atoms with Gasteiger partial charge in [0.25, 0.3) is 15.9 Å². The minimum Gasteiger partial charge on any atom is -0.377 e. The minimum atomic E-state index is -3.79. The molecule has 32 heavy (non-hydrogen) atoms. The van der Waals surface area contributed by atoms with Crippen molar-refractivity contribution in [2.24, 2.45) is 0 Å². The highest BCUT2D eigenvalue weighted by Crippen LogP contribution is 2.22. The SMILES string of the molecule is Cc1ccc(NS(=O)(=O)c2ccc(C)c(C(=O)N3CCN(CC4CCCO4)CC3)c2)cc1. The molecule has 0 saturated carbocycles. The number of hydrogen-bond donors (Lipinski definition) is 1. The van der Waals surface area contributed by atoms with Crippen molar-refractivity contribution in [1.29, 1.82) is 0 Å². The summed E-state index contributed by atoms with van der Waals surface area (Å²) in [6.07, 6.45) is 2.54. The van der Waals surface area contributed by atoms with Gasteiger partial charge in [0.2, 0.25) is 0 Å². The first-order valence-corrected chi connectivity index (χ1v) is 12.6. The summed E-state index contributed by atoms with van der Waals surface area (Å²) in [4.78, 5) is 17.5. The van der Waals surface area contributed by atoms with Gasteiger partial charge < -0.3 is 9.64 Å². The van der Waals surface area contributed by atoms with Crippen LogP contribution in [0, 0.1) is 13.8 Å². The number of benzene rings is 2. The van der Waals surface area contributed by atoms with Crippen LogP contribution in [0.1, 0.15) is 34.3 Å². The number of anilines is 1. The Balaban J connectivity index is 1.44. The average molecular weight is 458 g/mol. The number of aryl methyl sites for hydroxylation is 2. The van der Waals surface area contributed by atoms with Crippen LogP contribution in [0.2, 0.25) is 0 Å². The molecule has 172 valence electrons. The fourth-order valence-corrected chi connectivity index (χ4v) is 5.30. The third-order valence-corrected chi connectivity index (χ3v) is 7.58. The Morgan fingerprint density at radius 3 is 2.44 bits per heavy atom. The Hall–Kier alpha value is -2.42. The van der Waals surface area contributed by atoms with Crippen LogP contribution in [0.4, 0.5) is 5.69 Å². The van der Waals surface area contributed by atoms with E-state index >= 15 is 0 Å². The van der Waals surface area contributed by atoms with Gasteiger partial charge in [-0.3, -0.25) is 14.4 Å². The van der Waals surface area contributed by atoms with Gasteiger partial charge >= 0.3 is 0 Å². The highest BCUT2D eigenvalue weighted by Gasteiger charge is 2.27. The van der Waals surface area contributed by atoms with E-state index in [1.807, 2.05) is 30.9 Å². The monoisotopic (exact) mass is 457 g/mol. The number of sulfonamides is 1. The number of amides is 1. The predicted octanol–water partition coefficient (Wildman–Crippen LogP) is 3.04. The fourth-order valence-electron chi connectivity index (χ4n) is 4.21. The first-order chi connectivity index (χ1) is 15.3. The van der Waals surface area contributed by atoms with E-state index in [0.717, 1.165) is 50.2 Å². The van der Waals surface area contributed by atoms with Crippen LogP contribution < -0.4 is 4.72 Å². The molecule has 2 saturated heterocycles. The van der Waals surface area contributed by atoms with E-state index in [4.69, 9.17) is 4.74 Å². The van der Waals surface area contributed by atoms with E-state index in [2.05, 4.69) is 9.62 Å². The molecule has 2 aliphatic rings. The van der Waals surface area contributed by atoms with Gasteiger partial charge in [-0.15, -0.1) is 0 Å². The smallest absolute Gasteiger partial charge is 0.261 e. The van der Waals surface area contributed by atoms with Gasteiger partial charge in [0.1, 0.15) is 0 Å². The lowest BCUT2D eigenvalue weighted by molar-refractivity contribution is 0.0432.